The van der Waals surface area contributed by atoms with Crippen LogP contribution in [-0.2, 0) is 14.9 Å². The highest BCUT2D eigenvalue weighted by molar-refractivity contribution is 5.87. The average Bonchev–Trinajstić information content (AvgIpc) is 2.68. The average molecular weight is 370 g/mol. The van der Waals surface area contributed by atoms with Crippen LogP contribution in [0, 0.1) is 5.82 Å². The standard InChI is InChI=1S/C22H27FN2O2/c1-16(17-7-9-20(10-8-17)25-11-13-27-14-12-25)24-21(26)22(2,3)18-5-4-6-19(23)15-18/h4-10,15-16H,11-14H2,1-3H3,(H,24,26)/t16-/m0/s1. The van der Waals surface area contributed by atoms with Gasteiger partial charge in [-0.05, 0) is 56.2 Å². The number of morpholine rings is 1. The maximum Gasteiger partial charge on any atom is 0.230 e. The Kier molecular flexibility index (Phi) is 5.80. The highest BCUT2D eigenvalue weighted by Gasteiger charge is 2.31. The summed E-state index contributed by atoms with van der Waals surface area (Å²) >= 11 is 0. The van der Waals surface area contributed by atoms with Gasteiger partial charge in [0.1, 0.15) is 5.82 Å². The van der Waals surface area contributed by atoms with Gasteiger partial charge in [-0.1, -0.05) is 24.3 Å². The number of halogens is 1. The van der Waals surface area contributed by atoms with Crippen LogP contribution in [0.3, 0.4) is 0 Å². The fourth-order valence-electron chi connectivity index (χ4n) is 3.26. The highest BCUT2D eigenvalue weighted by atomic mass is 19.1. The van der Waals surface area contributed by atoms with Crippen LogP contribution in [0.5, 0.6) is 0 Å². The third-order valence-corrected chi connectivity index (χ3v) is 5.23. The summed E-state index contributed by atoms with van der Waals surface area (Å²) < 4.78 is 18.9. The molecule has 0 unspecified atom stereocenters. The zero-order valence-corrected chi connectivity index (χ0v) is 16.2. The molecule has 2 aromatic carbocycles. The van der Waals surface area contributed by atoms with Crippen molar-refractivity contribution in [3.05, 3.63) is 65.5 Å². The van der Waals surface area contributed by atoms with E-state index >= 15 is 0 Å². The van der Waals surface area contributed by atoms with Crippen LogP contribution < -0.4 is 10.2 Å². The van der Waals surface area contributed by atoms with Gasteiger partial charge in [0.2, 0.25) is 5.91 Å². The van der Waals surface area contributed by atoms with E-state index in [2.05, 4.69) is 22.3 Å². The van der Waals surface area contributed by atoms with Gasteiger partial charge in [-0.2, -0.15) is 0 Å². The van der Waals surface area contributed by atoms with Crippen molar-refractivity contribution >= 4 is 11.6 Å². The van der Waals surface area contributed by atoms with Gasteiger partial charge in [-0.3, -0.25) is 4.79 Å². The predicted octanol–water partition coefficient (Wildman–Crippen LogP) is 3.82. The fraction of sp³-hybridized carbons (Fsp3) is 0.409. The second-order valence-electron chi connectivity index (χ2n) is 7.52. The van der Waals surface area contributed by atoms with Crippen molar-refractivity contribution in [1.82, 2.24) is 5.32 Å². The van der Waals surface area contributed by atoms with Gasteiger partial charge < -0.3 is 15.0 Å². The molecule has 1 fully saturated rings. The fourth-order valence-corrected chi connectivity index (χ4v) is 3.26. The predicted molar refractivity (Wildman–Crippen MR) is 105 cm³/mol. The quantitative estimate of drug-likeness (QED) is 0.870. The lowest BCUT2D eigenvalue weighted by molar-refractivity contribution is -0.126. The Balaban J connectivity index is 1.67. The van der Waals surface area contributed by atoms with E-state index in [1.54, 1.807) is 12.1 Å². The van der Waals surface area contributed by atoms with Crippen LogP contribution in [0.1, 0.15) is 37.9 Å². The molecule has 4 nitrogen and oxygen atoms in total. The van der Waals surface area contributed by atoms with Crippen LogP contribution in [0.2, 0.25) is 0 Å². The van der Waals surface area contributed by atoms with Crippen LogP contribution in [0.25, 0.3) is 0 Å². The van der Waals surface area contributed by atoms with Crippen molar-refractivity contribution in [2.75, 3.05) is 31.2 Å². The van der Waals surface area contributed by atoms with Crippen molar-refractivity contribution in [3.63, 3.8) is 0 Å². The molecule has 2 aromatic rings. The van der Waals surface area contributed by atoms with E-state index in [9.17, 15) is 9.18 Å². The largest absolute Gasteiger partial charge is 0.378 e. The number of carbonyl (C=O) groups is 1. The van der Waals surface area contributed by atoms with Crippen LogP contribution in [0.4, 0.5) is 10.1 Å². The molecule has 0 bridgehead atoms. The summed E-state index contributed by atoms with van der Waals surface area (Å²) in [5, 5.41) is 3.06. The first-order chi connectivity index (χ1) is 12.9. The zero-order chi connectivity index (χ0) is 19.4. The molecule has 0 saturated carbocycles. The third-order valence-electron chi connectivity index (χ3n) is 5.23. The van der Waals surface area contributed by atoms with Crippen molar-refractivity contribution in [3.8, 4) is 0 Å². The van der Waals surface area contributed by atoms with Gasteiger partial charge in [-0.15, -0.1) is 0 Å². The number of amides is 1. The Morgan fingerprint density at radius 2 is 1.81 bits per heavy atom. The monoisotopic (exact) mass is 370 g/mol. The van der Waals surface area contributed by atoms with Crippen LogP contribution in [-0.4, -0.2) is 32.2 Å². The molecule has 0 radical (unpaired) electrons. The molecule has 5 heteroatoms. The molecule has 1 aliphatic heterocycles. The summed E-state index contributed by atoms with van der Waals surface area (Å²) in [7, 11) is 0. The van der Waals surface area contributed by atoms with Gasteiger partial charge in [0.05, 0.1) is 24.7 Å². The summed E-state index contributed by atoms with van der Waals surface area (Å²) in [5.74, 6) is -0.460. The van der Waals surface area contributed by atoms with E-state index in [-0.39, 0.29) is 17.8 Å². The number of benzene rings is 2. The van der Waals surface area contributed by atoms with E-state index in [0.29, 0.717) is 5.56 Å². The number of hydrogen-bond donors (Lipinski definition) is 1. The number of carbonyl (C=O) groups excluding carboxylic acids is 1. The van der Waals surface area contributed by atoms with Crippen molar-refractivity contribution in [2.24, 2.45) is 0 Å². The maximum absolute atomic E-state index is 13.5. The molecule has 1 aliphatic rings. The number of nitrogens with one attached hydrogen (secondary N) is 1. The molecule has 27 heavy (non-hydrogen) atoms. The zero-order valence-electron chi connectivity index (χ0n) is 16.2. The van der Waals surface area contributed by atoms with E-state index in [1.165, 1.54) is 17.8 Å². The summed E-state index contributed by atoms with van der Waals surface area (Å²) in [6, 6.07) is 14.3. The van der Waals surface area contributed by atoms with E-state index in [0.717, 1.165) is 31.9 Å². The Hall–Kier alpha value is -2.40. The number of ether oxygens (including phenoxy) is 1. The summed E-state index contributed by atoms with van der Waals surface area (Å²) in [5.41, 5.74) is 2.05. The lowest BCUT2D eigenvalue weighted by Gasteiger charge is -2.29. The molecule has 1 N–H and O–H groups in total. The summed E-state index contributed by atoms with van der Waals surface area (Å²) in [6.45, 7) is 8.88. The number of rotatable bonds is 5. The molecule has 0 spiro atoms. The van der Waals surface area contributed by atoms with E-state index < -0.39 is 5.41 Å². The maximum atomic E-state index is 13.5. The highest BCUT2D eigenvalue weighted by Crippen LogP contribution is 2.26. The molecule has 144 valence electrons. The lowest BCUT2D eigenvalue weighted by Crippen LogP contribution is -2.41. The molecule has 1 atom stereocenters. The molecule has 1 amide bonds. The third kappa shape index (κ3) is 4.48. The van der Waals surface area contributed by atoms with Crippen molar-refractivity contribution < 1.29 is 13.9 Å². The Labute approximate surface area is 160 Å². The van der Waals surface area contributed by atoms with Crippen LogP contribution in [0.15, 0.2) is 48.5 Å². The van der Waals surface area contributed by atoms with Crippen molar-refractivity contribution in [1.29, 1.82) is 0 Å². The number of nitrogens with zero attached hydrogens (tertiary/aromatic N) is 1. The second kappa shape index (κ2) is 8.09. The lowest BCUT2D eigenvalue weighted by atomic mass is 9.83. The van der Waals surface area contributed by atoms with Crippen molar-refractivity contribution in [2.45, 2.75) is 32.2 Å². The van der Waals surface area contributed by atoms with E-state index in [1.807, 2.05) is 32.9 Å². The molecule has 1 saturated heterocycles. The van der Waals surface area contributed by atoms with Gasteiger partial charge in [0.15, 0.2) is 0 Å². The SMILES string of the molecule is C[C@H](NC(=O)C(C)(C)c1cccc(F)c1)c1ccc(N2CCOCC2)cc1. The minimum atomic E-state index is -0.815. The van der Waals surface area contributed by atoms with Gasteiger partial charge in [0, 0.05) is 18.8 Å². The Bertz CT molecular complexity index is 783. The first kappa shape index (κ1) is 19.4. The first-order valence-electron chi connectivity index (χ1n) is 9.37. The normalized spacial score (nSPS) is 16.1. The first-order valence-corrected chi connectivity index (χ1v) is 9.37. The molecule has 0 aromatic heterocycles. The minimum absolute atomic E-state index is 0.127. The molecular weight excluding hydrogens is 343 g/mol. The Morgan fingerprint density at radius 1 is 1.15 bits per heavy atom. The van der Waals surface area contributed by atoms with Gasteiger partial charge >= 0.3 is 0 Å². The Morgan fingerprint density at radius 3 is 2.44 bits per heavy atom. The molecule has 1 heterocycles. The molecule has 3 rings (SSSR count). The minimum Gasteiger partial charge on any atom is -0.378 e. The van der Waals surface area contributed by atoms with E-state index in [4.69, 9.17) is 4.74 Å². The topological polar surface area (TPSA) is 41.6 Å². The number of anilines is 1. The van der Waals surface area contributed by atoms with Crippen LogP contribution >= 0.6 is 0 Å². The summed E-state index contributed by atoms with van der Waals surface area (Å²) in [6.07, 6.45) is 0. The van der Waals surface area contributed by atoms with Gasteiger partial charge in [0.25, 0.3) is 0 Å². The van der Waals surface area contributed by atoms with Gasteiger partial charge in [-0.25, -0.2) is 4.39 Å². The second-order valence-corrected chi connectivity index (χ2v) is 7.52. The molecule has 0 aliphatic carbocycles. The smallest absolute Gasteiger partial charge is 0.230 e. The summed E-state index contributed by atoms with van der Waals surface area (Å²) in [4.78, 5) is 15.1. The molecular formula is C22H27FN2O2. The number of hydrogen-bond acceptors (Lipinski definition) is 3.